The van der Waals surface area contributed by atoms with E-state index in [1.807, 2.05) is 41.9 Å². The Morgan fingerprint density at radius 2 is 1.85 bits per heavy atom. The molecular formula is C18H20ClN5O2. The van der Waals surface area contributed by atoms with Gasteiger partial charge in [-0.2, -0.15) is 0 Å². The largest absolute Gasteiger partial charge is 0.483 e. The molecule has 26 heavy (non-hydrogen) atoms. The van der Waals surface area contributed by atoms with Crippen LogP contribution in [-0.2, 0) is 11.8 Å². The molecule has 0 spiro atoms. The van der Waals surface area contributed by atoms with Crippen LogP contribution >= 0.6 is 11.6 Å². The van der Waals surface area contributed by atoms with Crippen LogP contribution in [0.25, 0.3) is 22.6 Å². The zero-order valence-electron chi connectivity index (χ0n) is 14.4. The van der Waals surface area contributed by atoms with E-state index in [0.29, 0.717) is 5.02 Å². The average molecular weight is 374 g/mol. The molecule has 1 aromatic carbocycles. The number of anilines is 1. The minimum absolute atomic E-state index is 0.250. The van der Waals surface area contributed by atoms with Crippen molar-refractivity contribution in [2.24, 2.45) is 7.05 Å². The van der Waals surface area contributed by atoms with Crippen LogP contribution in [-0.4, -0.2) is 52.3 Å². The van der Waals surface area contributed by atoms with E-state index in [4.69, 9.17) is 31.5 Å². The van der Waals surface area contributed by atoms with Gasteiger partial charge in [0.2, 0.25) is 0 Å². The van der Waals surface area contributed by atoms with Gasteiger partial charge < -0.3 is 19.9 Å². The van der Waals surface area contributed by atoms with Crippen LogP contribution in [0.2, 0.25) is 5.02 Å². The Hall–Kier alpha value is -2.64. The summed E-state index contributed by atoms with van der Waals surface area (Å²) >= 11 is 6.42. The summed E-state index contributed by atoms with van der Waals surface area (Å²) in [6.45, 7) is 3.62. The highest BCUT2D eigenvalue weighted by atomic mass is 35.5. The van der Waals surface area contributed by atoms with Crippen molar-refractivity contribution in [3.8, 4) is 11.5 Å². The van der Waals surface area contributed by atoms with E-state index < -0.39 is 0 Å². The highest BCUT2D eigenvalue weighted by Gasteiger charge is 2.18. The molecule has 7 nitrogen and oxygen atoms in total. The fraction of sp³-hybridized carbons (Fsp3) is 0.278. The molecule has 136 valence electrons. The van der Waals surface area contributed by atoms with E-state index in [-0.39, 0.29) is 6.47 Å². The lowest BCUT2D eigenvalue weighted by Crippen LogP contribution is -2.43. The van der Waals surface area contributed by atoms with Gasteiger partial charge in [-0.05, 0) is 24.3 Å². The Labute approximate surface area is 156 Å². The van der Waals surface area contributed by atoms with Gasteiger partial charge >= 0.3 is 0 Å². The fourth-order valence-corrected chi connectivity index (χ4v) is 3.21. The van der Waals surface area contributed by atoms with Crippen LogP contribution in [0.4, 0.5) is 5.82 Å². The van der Waals surface area contributed by atoms with Gasteiger partial charge in [0.1, 0.15) is 11.5 Å². The fourth-order valence-electron chi connectivity index (χ4n) is 3.02. The summed E-state index contributed by atoms with van der Waals surface area (Å²) < 4.78 is 2.05. The van der Waals surface area contributed by atoms with E-state index in [1.54, 1.807) is 0 Å². The molecule has 0 bridgehead atoms. The number of carbonyl (C=O) groups is 1. The Morgan fingerprint density at radius 1 is 1.15 bits per heavy atom. The number of para-hydroxylation sites is 2. The molecule has 3 heterocycles. The summed E-state index contributed by atoms with van der Waals surface area (Å²) in [4.78, 5) is 20.2. The number of hydrogen-bond acceptors (Lipinski definition) is 5. The zero-order chi connectivity index (χ0) is 18.5. The van der Waals surface area contributed by atoms with Gasteiger partial charge in [-0.1, -0.05) is 23.7 Å². The Balaban J connectivity index is 0.000000613. The predicted octanol–water partition coefficient (Wildman–Crippen LogP) is 2.40. The molecule has 3 aromatic rings. The van der Waals surface area contributed by atoms with Crippen molar-refractivity contribution in [1.29, 1.82) is 0 Å². The van der Waals surface area contributed by atoms with Crippen LogP contribution < -0.4 is 10.2 Å². The molecule has 0 amide bonds. The maximum absolute atomic E-state index is 8.36. The molecule has 4 rings (SSSR count). The van der Waals surface area contributed by atoms with Crippen molar-refractivity contribution in [2.75, 3.05) is 31.1 Å². The summed E-state index contributed by atoms with van der Waals surface area (Å²) in [5.74, 6) is 1.76. The standard InChI is InChI=1S/C17H18ClN5.CH2O2/c1-22-14-5-3-2-4-13(14)20-17(22)16-12(18)6-7-15(21-16)23-10-8-19-9-11-23;2-1-3/h2-7,19H,8-11H2,1H3;1H,(H,2,3). The number of carboxylic acid groups (broad SMARTS) is 1. The van der Waals surface area contributed by atoms with Gasteiger partial charge in [0.25, 0.3) is 6.47 Å². The second kappa shape index (κ2) is 8.16. The Morgan fingerprint density at radius 3 is 2.54 bits per heavy atom. The first kappa shape index (κ1) is 18.2. The highest BCUT2D eigenvalue weighted by Crippen LogP contribution is 2.30. The summed E-state index contributed by atoms with van der Waals surface area (Å²) in [6.07, 6.45) is 0. The minimum atomic E-state index is -0.250. The number of aryl methyl sites for hydroxylation is 1. The lowest BCUT2D eigenvalue weighted by Gasteiger charge is -2.28. The molecule has 2 N–H and O–H groups in total. The third-order valence-corrected chi connectivity index (χ3v) is 4.58. The number of piperazine rings is 1. The van der Waals surface area contributed by atoms with Crippen LogP contribution in [0, 0.1) is 0 Å². The van der Waals surface area contributed by atoms with E-state index in [9.17, 15) is 0 Å². The summed E-state index contributed by atoms with van der Waals surface area (Å²) in [6, 6.07) is 12.0. The van der Waals surface area contributed by atoms with Gasteiger partial charge in [-0.25, -0.2) is 9.97 Å². The number of nitrogens with zero attached hydrogens (tertiary/aromatic N) is 4. The molecule has 1 saturated heterocycles. The summed E-state index contributed by atoms with van der Waals surface area (Å²) in [5.41, 5.74) is 2.77. The third-order valence-electron chi connectivity index (χ3n) is 4.27. The third kappa shape index (κ3) is 3.63. The number of benzene rings is 1. The Bertz CT molecular complexity index is 906. The lowest BCUT2D eigenvalue weighted by atomic mass is 10.3. The van der Waals surface area contributed by atoms with E-state index in [2.05, 4.69) is 16.3 Å². The first-order valence-corrected chi connectivity index (χ1v) is 8.65. The molecule has 0 unspecified atom stereocenters. The normalized spacial score (nSPS) is 14.0. The molecule has 8 heteroatoms. The SMILES string of the molecule is Cn1c(-c2nc(N3CCNCC3)ccc2Cl)nc2ccccc21.O=CO. The number of nitrogens with one attached hydrogen (secondary N) is 1. The van der Waals surface area contributed by atoms with Crippen LogP contribution in [0.3, 0.4) is 0 Å². The van der Waals surface area contributed by atoms with Crippen molar-refractivity contribution < 1.29 is 9.90 Å². The Kier molecular flexibility index (Phi) is 5.70. The predicted molar refractivity (Wildman–Crippen MR) is 103 cm³/mol. The summed E-state index contributed by atoms with van der Waals surface area (Å²) in [7, 11) is 2.00. The van der Waals surface area contributed by atoms with Crippen molar-refractivity contribution in [2.45, 2.75) is 0 Å². The minimum Gasteiger partial charge on any atom is -0.483 e. The van der Waals surface area contributed by atoms with E-state index in [0.717, 1.165) is 54.5 Å². The highest BCUT2D eigenvalue weighted by molar-refractivity contribution is 6.33. The summed E-state index contributed by atoms with van der Waals surface area (Å²) in [5, 5.41) is 10.9. The number of fused-ring (bicyclic) bond motifs is 1. The molecule has 2 aromatic heterocycles. The maximum atomic E-state index is 8.36. The first-order valence-electron chi connectivity index (χ1n) is 8.27. The van der Waals surface area contributed by atoms with Gasteiger partial charge in [0.05, 0.1) is 16.1 Å². The van der Waals surface area contributed by atoms with Crippen LogP contribution in [0.15, 0.2) is 36.4 Å². The number of imidazole rings is 1. The first-order chi connectivity index (χ1) is 12.7. The number of pyridine rings is 1. The smallest absolute Gasteiger partial charge is 0.290 e. The second-order valence-electron chi connectivity index (χ2n) is 5.83. The maximum Gasteiger partial charge on any atom is 0.290 e. The molecule has 0 aliphatic carbocycles. The molecule has 1 fully saturated rings. The monoisotopic (exact) mass is 373 g/mol. The van der Waals surface area contributed by atoms with Crippen molar-refractivity contribution in [3.05, 3.63) is 41.4 Å². The van der Waals surface area contributed by atoms with E-state index >= 15 is 0 Å². The lowest BCUT2D eigenvalue weighted by molar-refractivity contribution is -0.122. The molecule has 0 saturated carbocycles. The second-order valence-corrected chi connectivity index (χ2v) is 6.23. The van der Waals surface area contributed by atoms with Gasteiger partial charge in [-0.3, -0.25) is 4.79 Å². The number of halogens is 1. The quantitative estimate of drug-likeness (QED) is 0.671. The molecule has 0 atom stereocenters. The molecule has 1 aliphatic rings. The van der Waals surface area contributed by atoms with Gasteiger partial charge in [0.15, 0.2) is 5.82 Å². The van der Waals surface area contributed by atoms with Gasteiger partial charge in [0, 0.05) is 33.2 Å². The van der Waals surface area contributed by atoms with Crippen molar-refractivity contribution in [1.82, 2.24) is 19.9 Å². The molecular weight excluding hydrogens is 354 g/mol. The molecule has 0 radical (unpaired) electrons. The van der Waals surface area contributed by atoms with Crippen molar-refractivity contribution >= 4 is 34.9 Å². The van der Waals surface area contributed by atoms with Gasteiger partial charge in [-0.15, -0.1) is 0 Å². The average Bonchev–Trinajstić information content (AvgIpc) is 3.00. The number of rotatable bonds is 2. The molecule has 1 aliphatic heterocycles. The van der Waals surface area contributed by atoms with E-state index in [1.165, 1.54) is 0 Å². The zero-order valence-corrected chi connectivity index (χ0v) is 15.1. The van der Waals surface area contributed by atoms with Crippen LogP contribution in [0.1, 0.15) is 0 Å². The number of aromatic nitrogens is 3. The van der Waals surface area contributed by atoms with Crippen LogP contribution in [0.5, 0.6) is 0 Å². The number of hydrogen-bond donors (Lipinski definition) is 2. The topological polar surface area (TPSA) is 83.3 Å². The van der Waals surface area contributed by atoms with Crippen molar-refractivity contribution in [3.63, 3.8) is 0 Å².